The number of imidazole rings is 1. The van der Waals surface area contributed by atoms with Gasteiger partial charge < -0.3 is 14.4 Å². The fraction of sp³-hybridized carbons (Fsp3) is 0.300. The molecule has 1 amide bonds. The zero-order valence-corrected chi connectivity index (χ0v) is 14.6. The summed E-state index contributed by atoms with van der Waals surface area (Å²) in [5.41, 5.74) is 3.88. The van der Waals surface area contributed by atoms with Crippen LogP contribution in [0.5, 0.6) is 0 Å². The highest BCUT2D eigenvalue weighted by Gasteiger charge is 2.22. The lowest BCUT2D eigenvalue weighted by Gasteiger charge is -2.36. The van der Waals surface area contributed by atoms with E-state index < -0.39 is 0 Å². The molecule has 0 aliphatic carbocycles. The van der Waals surface area contributed by atoms with Gasteiger partial charge in [-0.25, -0.2) is 4.98 Å². The van der Waals surface area contributed by atoms with Crippen LogP contribution < -0.4 is 4.90 Å². The Labute approximate surface area is 147 Å². The fourth-order valence-electron chi connectivity index (χ4n) is 3.44. The lowest BCUT2D eigenvalue weighted by Crippen LogP contribution is -2.48. The molecule has 1 aliphatic rings. The first-order chi connectivity index (χ1) is 12.1. The Morgan fingerprint density at radius 2 is 1.72 bits per heavy atom. The molecule has 0 spiro atoms. The van der Waals surface area contributed by atoms with Gasteiger partial charge in [-0.2, -0.15) is 0 Å². The summed E-state index contributed by atoms with van der Waals surface area (Å²) in [5.74, 6) is 1.05. The summed E-state index contributed by atoms with van der Waals surface area (Å²) in [6, 6.07) is 16.2. The highest BCUT2D eigenvalue weighted by molar-refractivity contribution is 5.97. The molecule has 0 unspecified atom stereocenters. The first-order valence-corrected chi connectivity index (χ1v) is 8.66. The molecular weight excluding hydrogens is 312 g/mol. The van der Waals surface area contributed by atoms with Crippen LogP contribution in [0.3, 0.4) is 0 Å². The standard InChI is InChI=1S/C20H22N4O/c1-15-21-18-14-16(8-9-19(18)22(15)2)20(25)24-12-10-23(11-13-24)17-6-4-3-5-7-17/h3-9,14H,10-13H2,1-2H3. The van der Waals surface area contributed by atoms with Gasteiger partial charge in [0.25, 0.3) is 5.91 Å². The smallest absolute Gasteiger partial charge is 0.254 e. The number of rotatable bonds is 2. The number of anilines is 1. The maximum atomic E-state index is 12.9. The Hall–Kier alpha value is -2.82. The molecule has 0 atom stereocenters. The molecule has 2 heterocycles. The highest BCUT2D eigenvalue weighted by atomic mass is 16.2. The van der Waals surface area contributed by atoms with Crippen molar-refractivity contribution in [2.24, 2.45) is 7.05 Å². The second kappa shape index (κ2) is 6.24. The number of aromatic nitrogens is 2. The largest absolute Gasteiger partial charge is 0.368 e. The van der Waals surface area contributed by atoms with Crippen molar-refractivity contribution in [2.45, 2.75) is 6.92 Å². The van der Waals surface area contributed by atoms with Crippen LogP contribution in [-0.4, -0.2) is 46.5 Å². The molecule has 1 fully saturated rings. The van der Waals surface area contributed by atoms with Crippen molar-refractivity contribution >= 4 is 22.6 Å². The van der Waals surface area contributed by atoms with E-state index in [-0.39, 0.29) is 5.91 Å². The lowest BCUT2D eigenvalue weighted by atomic mass is 10.1. The van der Waals surface area contributed by atoms with Crippen LogP contribution in [0, 0.1) is 6.92 Å². The van der Waals surface area contributed by atoms with Crippen LogP contribution in [-0.2, 0) is 7.05 Å². The number of aryl methyl sites for hydroxylation is 2. The van der Waals surface area contributed by atoms with Gasteiger partial charge in [-0.1, -0.05) is 18.2 Å². The number of amides is 1. The molecule has 5 heteroatoms. The molecule has 2 aromatic carbocycles. The first-order valence-electron chi connectivity index (χ1n) is 8.66. The maximum absolute atomic E-state index is 12.9. The number of hydrogen-bond donors (Lipinski definition) is 0. The van der Waals surface area contributed by atoms with Crippen molar-refractivity contribution in [2.75, 3.05) is 31.1 Å². The van der Waals surface area contributed by atoms with Crippen molar-refractivity contribution in [3.05, 3.63) is 59.9 Å². The number of piperazine rings is 1. The van der Waals surface area contributed by atoms with Crippen LogP contribution >= 0.6 is 0 Å². The SMILES string of the molecule is Cc1nc2cc(C(=O)N3CCN(c4ccccc4)CC3)ccc2n1C. The maximum Gasteiger partial charge on any atom is 0.254 e. The number of carbonyl (C=O) groups excluding carboxylic acids is 1. The van der Waals surface area contributed by atoms with E-state index in [0.717, 1.165) is 48.6 Å². The van der Waals surface area contributed by atoms with E-state index in [1.54, 1.807) is 0 Å². The van der Waals surface area contributed by atoms with Gasteiger partial charge in [0, 0.05) is 44.5 Å². The molecule has 0 N–H and O–H groups in total. The zero-order chi connectivity index (χ0) is 17.4. The molecule has 1 aromatic heterocycles. The van der Waals surface area contributed by atoms with Crippen molar-refractivity contribution in [3.8, 4) is 0 Å². The van der Waals surface area contributed by atoms with E-state index in [1.807, 2.05) is 47.7 Å². The van der Waals surface area contributed by atoms with Gasteiger partial charge in [-0.3, -0.25) is 4.79 Å². The van der Waals surface area contributed by atoms with Crippen LogP contribution in [0.25, 0.3) is 11.0 Å². The van der Waals surface area contributed by atoms with Gasteiger partial charge in [-0.05, 0) is 37.3 Å². The zero-order valence-electron chi connectivity index (χ0n) is 14.6. The first kappa shape index (κ1) is 15.7. The topological polar surface area (TPSA) is 41.4 Å². The predicted molar refractivity (Wildman–Crippen MR) is 100 cm³/mol. The minimum absolute atomic E-state index is 0.0953. The van der Waals surface area contributed by atoms with Crippen LogP contribution in [0.15, 0.2) is 48.5 Å². The molecule has 0 saturated carbocycles. The van der Waals surface area contributed by atoms with Gasteiger partial charge in [-0.15, -0.1) is 0 Å². The van der Waals surface area contributed by atoms with Crippen molar-refractivity contribution in [1.82, 2.24) is 14.5 Å². The normalized spacial score (nSPS) is 15.0. The summed E-state index contributed by atoms with van der Waals surface area (Å²) in [7, 11) is 2.00. The lowest BCUT2D eigenvalue weighted by molar-refractivity contribution is 0.0747. The third-order valence-electron chi connectivity index (χ3n) is 5.04. The highest BCUT2D eigenvalue weighted by Crippen LogP contribution is 2.20. The van der Waals surface area contributed by atoms with Gasteiger partial charge in [0.05, 0.1) is 11.0 Å². The Bertz CT molecular complexity index is 908. The van der Waals surface area contributed by atoms with Crippen LogP contribution in [0.1, 0.15) is 16.2 Å². The monoisotopic (exact) mass is 334 g/mol. The van der Waals surface area contributed by atoms with Gasteiger partial charge in [0.1, 0.15) is 5.82 Å². The number of para-hydroxylation sites is 1. The summed E-state index contributed by atoms with van der Waals surface area (Å²) in [6.07, 6.45) is 0. The Morgan fingerprint density at radius 3 is 2.44 bits per heavy atom. The number of nitrogens with zero attached hydrogens (tertiary/aromatic N) is 4. The molecule has 3 aromatic rings. The van der Waals surface area contributed by atoms with Crippen molar-refractivity contribution in [1.29, 1.82) is 0 Å². The molecule has 25 heavy (non-hydrogen) atoms. The summed E-state index contributed by atoms with van der Waals surface area (Å²) >= 11 is 0. The second-order valence-electron chi connectivity index (χ2n) is 6.54. The number of hydrogen-bond acceptors (Lipinski definition) is 3. The molecule has 0 bridgehead atoms. The summed E-state index contributed by atoms with van der Waals surface area (Å²) in [5, 5.41) is 0. The van der Waals surface area contributed by atoms with Crippen molar-refractivity contribution in [3.63, 3.8) is 0 Å². The molecular formula is C20H22N4O. The summed E-state index contributed by atoms with van der Waals surface area (Å²) in [4.78, 5) is 21.7. The number of fused-ring (bicyclic) bond motifs is 1. The molecule has 0 radical (unpaired) electrons. The average molecular weight is 334 g/mol. The fourth-order valence-corrected chi connectivity index (χ4v) is 3.44. The Kier molecular flexibility index (Phi) is 3.92. The third kappa shape index (κ3) is 2.86. The average Bonchev–Trinajstić information content (AvgIpc) is 2.95. The van der Waals surface area contributed by atoms with E-state index in [9.17, 15) is 4.79 Å². The van der Waals surface area contributed by atoms with Crippen LogP contribution in [0.2, 0.25) is 0 Å². The van der Waals surface area contributed by atoms with Crippen molar-refractivity contribution < 1.29 is 4.79 Å². The minimum Gasteiger partial charge on any atom is -0.368 e. The number of benzene rings is 2. The Morgan fingerprint density at radius 1 is 1.00 bits per heavy atom. The molecule has 1 aliphatic heterocycles. The molecule has 128 valence electrons. The van der Waals surface area contributed by atoms with Gasteiger partial charge in [0.2, 0.25) is 0 Å². The van der Waals surface area contributed by atoms with E-state index in [4.69, 9.17) is 0 Å². The van der Waals surface area contributed by atoms with Gasteiger partial charge >= 0.3 is 0 Å². The second-order valence-corrected chi connectivity index (χ2v) is 6.54. The number of carbonyl (C=O) groups is 1. The predicted octanol–water partition coefficient (Wildman–Crippen LogP) is 2.84. The van der Waals surface area contributed by atoms with Gasteiger partial charge in [0.15, 0.2) is 0 Å². The Balaban J connectivity index is 1.49. The quantitative estimate of drug-likeness (QED) is 0.724. The summed E-state index contributed by atoms with van der Waals surface area (Å²) in [6.45, 7) is 5.19. The molecule has 4 rings (SSSR count). The van der Waals surface area contributed by atoms with E-state index in [2.05, 4.69) is 34.1 Å². The van der Waals surface area contributed by atoms with Crippen LogP contribution in [0.4, 0.5) is 5.69 Å². The van der Waals surface area contributed by atoms with E-state index in [0.29, 0.717) is 0 Å². The summed E-state index contributed by atoms with van der Waals surface area (Å²) < 4.78 is 2.04. The molecule has 5 nitrogen and oxygen atoms in total. The third-order valence-corrected chi connectivity index (χ3v) is 5.04. The molecule has 1 saturated heterocycles. The van der Waals surface area contributed by atoms with E-state index >= 15 is 0 Å². The minimum atomic E-state index is 0.0953. The van der Waals surface area contributed by atoms with E-state index in [1.165, 1.54) is 5.69 Å².